The van der Waals surface area contributed by atoms with Crippen LogP contribution in [0.25, 0.3) is 0 Å². The van der Waals surface area contributed by atoms with Crippen molar-refractivity contribution < 1.29 is 9.59 Å². The molecular weight excluding hydrogens is 394 g/mol. The van der Waals surface area contributed by atoms with Gasteiger partial charge in [0.2, 0.25) is 0 Å². The number of carbonyl (C=O) groups excluding carboxylic acids is 2. The summed E-state index contributed by atoms with van der Waals surface area (Å²) in [5.41, 5.74) is 2.93. The molecule has 0 N–H and O–H groups in total. The molecule has 4 rings (SSSR count). The van der Waals surface area contributed by atoms with Crippen LogP contribution in [-0.2, 0) is 26.6 Å². The number of amides is 2. The Hall–Kier alpha value is -3.68. The molecule has 8 nitrogen and oxygen atoms in total. The maximum Gasteiger partial charge on any atom is 0.272 e. The number of aryl methyl sites for hydroxylation is 1. The van der Waals surface area contributed by atoms with Gasteiger partial charge in [-0.2, -0.15) is 0 Å². The number of hydrogen-bond acceptors (Lipinski definition) is 4. The molecule has 2 aromatic heterocycles. The Morgan fingerprint density at radius 1 is 1.16 bits per heavy atom. The van der Waals surface area contributed by atoms with Crippen molar-refractivity contribution >= 4 is 11.8 Å². The largest absolute Gasteiger partial charge is 0.345 e. The highest BCUT2D eigenvalue weighted by atomic mass is 16.2. The third kappa shape index (κ3) is 3.88. The van der Waals surface area contributed by atoms with Gasteiger partial charge in [-0.05, 0) is 23.1 Å². The number of rotatable bonds is 4. The number of fused-ring (bicyclic) bond motifs is 1. The molecule has 0 unspecified atom stereocenters. The van der Waals surface area contributed by atoms with Crippen LogP contribution in [0.4, 0.5) is 0 Å². The summed E-state index contributed by atoms with van der Waals surface area (Å²) >= 11 is 0. The molecule has 0 aliphatic carbocycles. The van der Waals surface area contributed by atoms with E-state index < -0.39 is 0 Å². The number of aromatic nitrogens is 3. The van der Waals surface area contributed by atoms with E-state index in [9.17, 15) is 14.4 Å². The van der Waals surface area contributed by atoms with Crippen LogP contribution in [-0.4, -0.2) is 56.4 Å². The van der Waals surface area contributed by atoms with Gasteiger partial charge in [0, 0.05) is 40.4 Å². The average molecular weight is 419 g/mol. The van der Waals surface area contributed by atoms with Crippen molar-refractivity contribution in [2.24, 2.45) is 7.05 Å². The molecule has 0 bridgehead atoms. The van der Waals surface area contributed by atoms with Crippen LogP contribution in [0.3, 0.4) is 0 Å². The fourth-order valence-electron chi connectivity index (χ4n) is 3.95. The van der Waals surface area contributed by atoms with Gasteiger partial charge in [-0.1, -0.05) is 30.3 Å². The van der Waals surface area contributed by atoms with Crippen molar-refractivity contribution in [1.82, 2.24) is 23.9 Å². The molecule has 160 valence electrons. The Labute approximate surface area is 180 Å². The third-order valence-electron chi connectivity index (χ3n) is 5.61. The number of carbonyl (C=O) groups is 2. The summed E-state index contributed by atoms with van der Waals surface area (Å²) in [5, 5.41) is 0. The van der Waals surface area contributed by atoms with Crippen LogP contribution >= 0.6 is 0 Å². The lowest BCUT2D eigenvalue weighted by Gasteiger charge is -2.31. The van der Waals surface area contributed by atoms with Gasteiger partial charge in [-0.15, -0.1) is 0 Å². The molecule has 2 amide bonds. The minimum Gasteiger partial charge on any atom is -0.345 e. The fourth-order valence-corrected chi connectivity index (χ4v) is 3.95. The average Bonchev–Trinajstić information content (AvgIpc) is 3.19. The highest BCUT2D eigenvalue weighted by Crippen LogP contribution is 2.23. The molecule has 3 heterocycles. The van der Waals surface area contributed by atoms with Gasteiger partial charge in [0.05, 0.1) is 19.1 Å². The second kappa shape index (κ2) is 8.22. The smallest absolute Gasteiger partial charge is 0.272 e. The summed E-state index contributed by atoms with van der Waals surface area (Å²) < 4.78 is 3.26. The van der Waals surface area contributed by atoms with Crippen LogP contribution in [0.1, 0.15) is 37.5 Å². The molecule has 0 saturated carbocycles. The van der Waals surface area contributed by atoms with Crippen LogP contribution in [0, 0.1) is 0 Å². The number of pyridine rings is 1. The summed E-state index contributed by atoms with van der Waals surface area (Å²) in [5.74, 6) is -0.429. The van der Waals surface area contributed by atoms with Crippen LogP contribution in [0.5, 0.6) is 0 Å². The first-order chi connectivity index (χ1) is 14.9. The van der Waals surface area contributed by atoms with Crippen molar-refractivity contribution in [2.45, 2.75) is 19.5 Å². The Morgan fingerprint density at radius 2 is 1.90 bits per heavy atom. The van der Waals surface area contributed by atoms with E-state index in [-0.39, 0.29) is 22.9 Å². The predicted octanol–water partition coefficient (Wildman–Crippen LogP) is 1.53. The zero-order chi connectivity index (χ0) is 22.1. The fraction of sp³-hybridized carbons (Fsp3) is 0.304. The van der Waals surface area contributed by atoms with Gasteiger partial charge in [-0.25, -0.2) is 4.98 Å². The van der Waals surface area contributed by atoms with Crippen molar-refractivity contribution in [3.8, 4) is 0 Å². The molecule has 1 aliphatic heterocycles. The van der Waals surface area contributed by atoms with Gasteiger partial charge in [0.25, 0.3) is 17.4 Å². The first kappa shape index (κ1) is 20.6. The van der Waals surface area contributed by atoms with Crippen molar-refractivity contribution in [1.29, 1.82) is 0 Å². The lowest BCUT2D eigenvalue weighted by atomic mass is 9.95. The Bertz CT molecular complexity index is 1190. The maximum atomic E-state index is 13.3. The minimum atomic E-state index is -0.310. The van der Waals surface area contributed by atoms with E-state index in [2.05, 4.69) is 4.98 Å². The molecule has 1 aromatic carbocycles. The summed E-state index contributed by atoms with van der Waals surface area (Å²) in [6, 6.07) is 9.63. The highest BCUT2D eigenvalue weighted by Gasteiger charge is 2.29. The molecular formula is C23H25N5O3. The van der Waals surface area contributed by atoms with Crippen LogP contribution in [0.2, 0.25) is 0 Å². The minimum absolute atomic E-state index is 0.119. The SMILES string of the molecule is CN(C)C(=O)c1c2c(cn(Cc3ccccc3)c1=O)CN(C(=O)c1cncn1C)CC2. The number of imidazole rings is 1. The monoisotopic (exact) mass is 419 g/mol. The Morgan fingerprint density at radius 3 is 2.55 bits per heavy atom. The number of nitrogens with zero attached hydrogens (tertiary/aromatic N) is 5. The van der Waals surface area contributed by atoms with Crippen molar-refractivity contribution in [2.75, 3.05) is 20.6 Å². The van der Waals surface area contributed by atoms with Gasteiger partial charge in [0.1, 0.15) is 11.3 Å². The summed E-state index contributed by atoms with van der Waals surface area (Å²) in [4.78, 5) is 46.3. The molecule has 0 atom stereocenters. The van der Waals surface area contributed by atoms with Crippen LogP contribution in [0.15, 0.2) is 53.8 Å². The zero-order valence-corrected chi connectivity index (χ0v) is 17.9. The second-order valence-corrected chi connectivity index (χ2v) is 7.99. The van der Waals surface area contributed by atoms with E-state index in [1.54, 1.807) is 53.9 Å². The Kier molecular flexibility index (Phi) is 5.46. The van der Waals surface area contributed by atoms with Gasteiger partial charge in [-0.3, -0.25) is 14.4 Å². The topological polar surface area (TPSA) is 80.4 Å². The molecule has 0 radical (unpaired) electrons. The molecule has 0 spiro atoms. The third-order valence-corrected chi connectivity index (χ3v) is 5.61. The van der Waals surface area contributed by atoms with E-state index >= 15 is 0 Å². The van der Waals surface area contributed by atoms with Gasteiger partial charge < -0.3 is 18.9 Å². The molecule has 31 heavy (non-hydrogen) atoms. The van der Waals surface area contributed by atoms with E-state index in [1.165, 1.54) is 4.90 Å². The van der Waals surface area contributed by atoms with E-state index in [4.69, 9.17) is 0 Å². The standard InChI is InChI=1S/C23H25N5O3/c1-25(2)22(30)20-18-9-10-27(21(29)19-11-24-15-26(19)3)13-17(18)14-28(23(20)31)12-16-7-5-4-6-8-16/h4-8,11,14-15H,9-10,12-13H2,1-3H3. The second-order valence-electron chi connectivity index (χ2n) is 7.99. The highest BCUT2D eigenvalue weighted by molar-refractivity contribution is 5.96. The lowest BCUT2D eigenvalue weighted by molar-refractivity contribution is 0.0723. The van der Waals surface area contributed by atoms with E-state index in [0.29, 0.717) is 31.7 Å². The first-order valence-corrected chi connectivity index (χ1v) is 10.1. The van der Waals surface area contributed by atoms with Gasteiger partial charge >= 0.3 is 0 Å². The first-order valence-electron chi connectivity index (χ1n) is 10.1. The lowest BCUT2D eigenvalue weighted by Crippen LogP contribution is -2.41. The zero-order valence-electron chi connectivity index (χ0n) is 17.9. The summed E-state index contributed by atoms with van der Waals surface area (Å²) in [7, 11) is 5.07. The molecule has 8 heteroatoms. The molecule has 3 aromatic rings. The number of hydrogen-bond donors (Lipinski definition) is 0. The summed E-state index contributed by atoms with van der Waals surface area (Å²) in [6.45, 7) is 1.13. The normalized spacial score (nSPS) is 13.1. The van der Waals surface area contributed by atoms with Crippen LogP contribution < -0.4 is 5.56 Å². The van der Waals surface area contributed by atoms with E-state index in [0.717, 1.165) is 16.7 Å². The van der Waals surface area contributed by atoms with Crippen molar-refractivity contribution in [3.05, 3.63) is 87.4 Å². The molecule has 1 aliphatic rings. The summed E-state index contributed by atoms with van der Waals surface area (Å²) in [6.07, 6.45) is 5.39. The molecule has 0 fully saturated rings. The Balaban J connectivity index is 1.76. The quantitative estimate of drug-likeness (QED) is 0.642. The van der Waals surface area contributed by atoms with Crippen molar-refractivity contribution in [3.63, 3.8) is 0 Å². The number of benzene rings is 1. The molecule has 0 saturated heterocycles. The van der Waals surface area contributed by atoms with E-state index in [1.807, 2.05) is 30.3 Å². The predicted molar refractivity (Wildman–Crippen MR) is 116 cm³/mol. The maximum absolute atomic E-state index is 13.3. The van der Waals surface area contributed by atoms with Gasteiger partial charge in [0.15, 0.2) is 0 Å².